The van der Waals surface area contributed by atoms with Crippen molar-refractivity contribution in [2.45, 2.75) is 231 Å². The second kappa shape index (κ2) is 44.8. The number of Topliss-reactive ketones (excluding diaryl/α,β-unsaturated/α-hetero) is 3. The number of nitrogens with zero attached hydrogens (tertiary/aromatic N) is 2. The van der Waals surface area contributed by atoms with Crippen molar-refractivity contribution >= 4 is 98.6 Å². The van der Waals surface area contributed by atoms with E-state index in [1.165, 1.54) is 41.3 Å². The topological polar surface area (TPSA) is 474 Å². The standard InChI is InChI=1S/C72H111N7O24S2/c1-39-18-13-12-14-19-40(2)55(97-9)34-48-24-22-46(8)72(96,103-48)63(87)67(91)79-27-16-15-21-52(79)69(94)101-56(43(5)32-47-23-25-53(80)57(33-47)98-10)37-54(81)42(4)31-45(7)61(62(99-11)60(86)44(6)30-39)102-71(95)100-28-29-104-105-38-51(68(92)93)78-66(90)50(36-59(84)85)77-65(89)49(35-58(82)83)76-64(88)41(3)20-17-26-75-70(73)74/h12-14,18-19,31,39,41-44,46-53,55-57,61-62,80,96H,15-17,20-30,32-38H2,1-11H3,(H,76,88)(H,77,89)(H,78,90)(H,82,83)(H,84,85)(H,92,93)(H4,73,74,75)/b14-12?,18-13+,40-19?,45-31+/t39-,41+,42-,43-,44-,46-,47+,48+,49+,50+,51+,52+,53-,55+,56+,57-,61-,62+,72-/m1/s1. The number of hydrogen-bond acceptors (Lipinski definition) is 24. The molecule has 0 aromatic carbocycles. The van der Waals surface area contributed by atoms with Crippen LogP contribution in [0.25, 0.3) is 0 Å². The molecule has 2 bridgehead atoms. The Balaban J connectivity index is 1.61. The van der Waals surface area contributed by atoms with Gasteiger partial charge in [-0.25, -0.2) is 14.4 Å². The van der Waals surface area contributed by atoms with Gasteiger partial charge in [0.05, 0.1) is 37.3 Å². The average molecular weight is 1520 g/mol. The number of aliphatic hydroxyl groups excluding tert-OH is 1. The number of nitrogens with one attached hydrogen (secondary N) is 3. The molecule has 4 rings (SSSR count). The number of esters is 1. The fourth-order valence-electron chi connectivity index (χ4n) is 13.3. The predicted molar refractivity (Wildman–Crippen MR) is 387 cm³/mol. The van der Waals surface area contributed by atoms with E-state index >= 15 is 0 Å². The number of hydrogen-bond donors (Lipinski definition) is 10. The van der Waals surface area contributed by atoms with E-state index in [4.69, 9.17) is 44.6 Å². The first-order valence-electron chi connectivity index (χ1n) is 35.7. The van der Waals surface area contributed by atoms with Crippen molar-refractivity contribution in [1.82, 2.24) is 20.9 Å². The summed E-state index contributed by atoms with van der Waals surface area (Å²) in [5, 5.41) is 58.6. The highest BCUT2D eigenvalue weighted by atomic mass is 33.1. The van der Waals surface area contributed by atoms with Crippen LogP contribution in [0.4, 0.5) is 4.79 Å². The fourth-order valence-corrected chi connectivity index (χ4v) is 15.2. The van der Waals surface area contributed by atoms with Gasteiger partial charge in [-0.15, -0.1) is 0 Å². The molecule has 0 aromatic heterocycles. The van der Waals surface area contributed by atoms with E-state index in [-0.39, 0.29) is 80.3 Å². The fraction of sp³-hybridized carbons (Fsp3) is 0.708. The van der Waals surface area contributed by atoms with Crippen LogP contribution in [0.2, 0.25) is 0 Å². The zero-order valence-corrected chi connectivity index (χ0v) is 63.7. The second-order valence-corrected chi connectivity index (χ2v) is 30.6. The first-order valence-corrected chi connectivity index (χ1v) is 38.2. The molecule has 0 aromatic rings. The molecule has 4 amide bonds. The Morgan fingerprint density at radius 2 is 1.43 bits per heavy atom. The Kier molecular flexibility index (Phi) is 38.4. The van der Waals surface area contributed by atoms with Crippen LogP contribution in [0.3, 0.4) is 0 Å². The van der Waals surface area contributed by atoms with Crippen LogP contribution in [0.1, 0.15) is 158 Å². The van der Waals surface area contributed by atoms with Crippen LogP contribution in [0, 0.1) is 41.4 Å². The molecule has 33 heteroatoms. The van der Waals surface area contributed by atoms with Gasteiger partial charge in [-0.05, 0) is 120 Å². The number of cyclic esters (lactones) is 1. The van der Waals surface area contributed by atoms with Crippen LogP contribution in [-0.4, -0.2) is 233 Å². The lowest BCUT2D eigenvalue weighted by Gasteiger charge is -2.42. The lowest BCUT2D eigenvalue weighted by molar-refractivity contribution is -0.265. The lowest BCUT2D eigenvalue weighted by Crippen LogP contribution is -2.61. The number of aliphatic imine (C=N–C) groups is 1. The van der Waals surface area contributed by atoms with Crippen LogP contribution >= 0.6 is 21.6 Å². The van der Waals surface area contributed by atoms with Crippen molar-refractivity contribution in [1.29, 1.82) is 0 Å². The minimum Gasteiger partial charge on any atom is -0.481 e. The van der Waals surface area contributed by atoms with Gasteiger partial charge in [-0.3, -0.25) is 48.1 Å². The number of methoxy groups -OCH3 is 3. The third-order valence-corrected chi connectivity index (χ3v) is 21.9. The summed E-state index contributed by atoms with van der Waals surface area (Å²) in [6.07, 6.45) is 5.48. The molecule has 4 aliphatic rings. The summed E-state index contributed by atoms with van der Waals surface area (Å²) < 4.78 is 41.2. The van der Waals surface area contributed by atoms with Gasteiger partial charge >= 0.3 is 30.0 Å². The molecule has 12 N–H and O–H groups in total. The summed E-state index contributed by atoms with van der Waals surface area (Å²) in [5.41, 5.74) is 11.6. The molecule has 0 unspecified atom stereocenters. The van der Waals surface area contributed by atoms with Gasteiger partial charge in [0.25, 0.3) is 11.7 Å². The largest absolute Gasteiger partial charge is 0.509 e. The normalized spacial score (nSPS) is 29.5. The predicted octanol–water partition coefficient (Wildman–Crippen LogP) is 4.90. The number of aliphatic hydroxyl groups is 2. The molecular formula is C72H111N7O24S2. The number of guanidine groups is 1. The lowest BCUT2D eigenvalue weighted by atomic mass is 9.78. The Labute approximate surface area is 621 Å². The zero-order chi connectivity index (χ0) is 78.4. The van der Waals surface area contributed by atoms with Crippen LogP contribution in [0.5, 0.6) is 0 Å². The molecule has 590 valence electrons. The van der Waals surface area contributed by atoms with Crippen molar-refractivity contribution in [2.75, 3.05) is 52.5 Å². The third kappa shape index (κ3) is 29.1. The van der Waals surface area contributed by atoms with Crippen molar-refractivity contribution in [3.8, 4) is 0 Å². The van der Waals surface area contributed by atoms with Crippen LogP contribution < -0.4 is 27.4 Å². The quantitative estimate of drug-likeness (QED) is 0.00947. The van der Waals surface area contributed by atoms with Gasteiger partial charge < -0.3 is 91.0 Å². The Bertz CT molecular complexity index is 3140. The summed E-state index contributed by atoms with van der Waals surface area (Å²) >= 11 is 0. The minimum absolute atomic E-state index is 0.0115. The first-order chi connectivity index (χ1) is 49.5. The molecule has 19 atom stereocenters. The zero-order valence-electron chi connectivity index (χ0n) is 62.1. The van der Waals surface area contributed by atoms with Gasteiger partial charge in [0, 0.05) is 82.4 Å². The maximum absolute atomic E-state index is 14.8. The number of carboxylic acids is 3. The summed E-state index contributed by atoms with van der Waals surface area (Å²) in [7, 11) is 6.18. The van der Waals surface area contributed by atoms with Crippen LogP contribution in [-0.2, 0) is 85.9 Å². The van der Waals surface area contributed by atoms with Gasteiger partial charge in [0.1, 0.15) is 42.7 Å². The number of carbonyl (C=O) groups is 12. The number of fused-ring (bicyclic) bond motifs is 3. The van der Waals surface area contributed by atoms with E-state index in [1.807, 2.05) is 39.0 Å². The van der Waals surface area contributed by atoms with Crippen LogP contribution in [0.15, 0.2) is 52.6 Å². The molecule has 0 radical (unpaired) electrons. The first kappa shape index (κ1) is 90.1. The number of rotatable bonds is 28. The van der Waals surface area contributed by atoms with Gasteiger partial charge in [-0.1, -0.05) is 99.6 Å². The SMILES string of the molecule is CO[C@H]1C[C@@H]2CC[C@@H](C)[C@@](O)(O2)C(=O)C(=O)N2CCCC[C@H]2C(=O)O[C@H]([C@H](C)C[C@@H]2CC[C@@H](O)[C@H](OC)C2)CC(=O)[C@H](C)/C=C(\C)[C@@H](OC(=O)OCCSSC[C@H](NC(=O)[C@H](CC(=O)O)NC(=O)[C@H](CC(=O)O)NC(=O)[C@@H](C)CCCN=C(N)N)C(=O)O)[C@@H](OC)C(=O)[C@H](C)C[C@H](C)/C=C/C=CC=C1C. The second-order valence-electron chi connectivity index (χ2n) is 28.0. The molecule has 0 spiro atoms. The Morgan fingerprint density at radius 3 is 2.05 bits per heavy atom. The number of nitrogens with two attached hydrogens (primary N) is 2. The molecule has 31 nitrogen and oxygen atoms in total. The highest BCUT2D eigenvalue weighted by Gasteiger charge is 2.53. The maximum atomic E-state index is 14.8. The van der Waals surface area contributed by atoms with E-state index in [0.717, 1.165) is 32.1 Å². The number of ether oxygens (including phenoxy) is 7. The molecule has 3 heterocycles. The van der Waals surface area contributed by atoms with Gasteiger partial charge in [-0.2, -0.15) is 0 Å². The number of allylic oxidation sites excluding steroid dienone is 6. The van der Waals surface area contributed by atoms with Gasteiger partial charge in [0.15, 0.2) is 24.0 Å². The van der Waals surface area contributed by atoms with E-state index in [1.54, 1.807) is 32.9 Å². The van der Waals surface area contributed by atoms with E-state index in [9.17, 15) is 83.1 Å². The van der Waals surface area contributed by atoms with E-state index in [2.05, 4.69) is 20.9 Å². The minimum atomic E-state index is -2.53. The van der Waals surface area contributed by atoms with E-state index in [0.29, 0.717) is 64.2 Å². The third-order valence-electron chi connectivity index (χ3n) is 19.6. The highest BCUT2D eigenvalue weighted by Crippen LogP contribution is 2.38. The number of piperidine rings is 1. The Hall–Kier alpha value is -7.27. The highest BCUT2D eigenvalue weighted by molar-refractivity contribution is 8.76. The molecule has 1 saturated carbocycles. The summed E-state index contributed by atoms with van der Waals surface area (Å²) in [4.78, 5) is 168. The molecule has 3 fully saturated rings. The summed E-state index contributed by atoms with van der Waals surface area (Å²) in [5.74, 6) is -19.1. The number of aliphatic carboxylic acids is 3. The Morgan fingerprint density at radius 1 is 0.771 bits per heavy atom. The van der Waals surface area contributed by atoms with Gasteiger partial charge in [0.2, 0.25) is 23.5 Å². The number of carboxylic acid groups (broad SMARTS) is 3. The molecule has 3 aliphatic heterocycles. The summed E-state index contributed by atoms with van der Waals surface area (Å²) in [6.45, 7) is 13.3. The molecule has 1 aliphatic carbocycles. The molecule has 2 saturated heterocycles. The smallest absolute Gasteiger partial charge is 0.481 e. The average Bonchev–Trinajstić information content (AvgIpc) is 0.772. The number of amides is 4. The number of carbonyl (C=O) groups excluding carboxylic acids is 9. The van der Waals surface area contributed by atoms with Crippen molar-refractivity contribution in [3.63, 3.8) is 0 Å². The summed E-state index contributed by atoms with van der Waals surface area (Å²) in [6, 6.07) is -6.70. The number of ketones is 3. The van der Waals surface area contributed by atoms with Crippen molar-refractivity contribution in [2.24, 2.45) is 57.9 Å². The monoisotopic (exact) mass is 1520 g/mol. The van der Waals surface area contributed by atoms with Crippen molar-refractivity contribution in [3.05, 3.63) is 47.6 Å². The molecule has 105 heavy (non-hydrogen) atoms. The van der Waals surface area contributed by atoms with E-state index < -0.39 is 186 Å². The molecular weight excluding hydrogens is 1410 g/mol. The van der Waals surface area contributed by atoms with Crippen molar-refractivity contribution < 1.29 is 116 Å². The maximum Gasteiger partial charge on any atom is 0.509 e.